The van der Waals surface area contributed by atoms with E-state index >= 15 is 0 Å². The Balaban J connectivity index is 1.97. The molecule has 0 spiro atoms. The third-order valence-electron chi connectivity index (χ3n) is 4.97. The van der Waals surface area contributed by atoms with Crippen molar-refractivity contribution in [1.82, 2.24) is 5.32 Å². The summed E-state index contributed by atoms with van der Waals surface area (Å²) in [6.45, 7) is 0. The topological polar surface area (TPSA) is 163 Å². The molecule has 0 aliphatic carbocycles. The second kappa shape index (κ2) is 11.6. The number of nitrogens with zero attached hydrogens (tertiary/aromatic N) is 2. The van der Waals surface area contributed by atoms with Crippen LogP contribution in [0.3, 0.4) is 0 Å². The minimum absolute atomic E-state index is 0.0155. The minimum Gasteiger partial charge on any atom is -0.497 e. The van der Waals surface area contributed by atoms with Crippen molar-refractivity contribution in [3.05, 3.63) is 103 Å². The first-order valence-electron chi connectivity index (χ1n) is 10.4. The number of methoxy groups -OCH3 is 2. The van der Waals surface area contributed by atoms with Crippen LogP contribution in [0.5, 0.6) is 11.5 Å². The van der Waals surface area contributed by atoms with Crippen molar-refractivity contribution in [3.63, 3.8) is 0 Å². The molecule has 0 bridgehead atoms. The Hall–Kier alpha value is -4.97. The highest BCUT2D eigenvalue weighted by atomic mass is 35.5. The molecule has 190 valence electrons. The van der Waals surface area contributed by atoms with E-state index in [1.807, 2.05) is 0 Å². The number of ether oxygens (including phenoxy) is 2. The van der Waals surface area contributed by atoms with E-state index in [0.29, 0.717) is 11.3 Å². The molecular weight excluding hydrogens is 508 g/mol. The number of benzene rings is 3. The number of halogens is 1. The van der Waals surface area contributed by atoms with Crippen molar-refractivity contribution in [2.75, 3.05) is 19.5 Å². The first-order valence-corrected chi connectivity index (χ1v) is 10.8. The van der Waals surface area contributed by atoms with Gasteiger partial charge in [0.25, 0.3) is 23.2 Å². The van der Waals surface area contributed by atoms with Crippen LogP contribution in [-0.2, 0) is 4.79 Å². The Morgan fingerprint density at radius 2 is 1.54 bits per heavy atom. The Morgan fingerprint density at radius 1 is 0.892 bits per heavy atom. The number of amides is 2. The van der Waals surface area contributed by atoms with E-state index in [4.69, 9.17) is 21.1 Å². The fraction of sp³-hybridized carbons (Fsp3) is 0.0833. The predicted octanol–water partition coefficient (Wildman–Crippen LogP) is 4.58. The molecule has 0 radical (unpaired) electrons. The quantitative estimate of drug-likeness (QED) is 0.232. The molecule has 0 fully saturated rings. The zero-order chi connectivity index (χ0) is 27.1. The van der Waals surface area contributed by atoms with Crippen LogP contribution in [0.1, 0.15) is 15.9 Å². The summed E-state index contributed by atoms with van der Waals surface area (Å²) in [5.41, 5.74) is -0.132. The van der Waals surface area contributed by atoms with Gasteiger partial charge in [-0.1, -0.05) is 11.6 Å². The molecular formula is C24H19ClN4O8. The van der Waals surface area contributed by atoms with Gasteiger partial charge in [0, 0.05) is 18.2 Å². The van der Waals surface area contributed by atoms with E-state index in [9.17, 15) is 29.8 Å². The average molecular weight is 527 g/mol. The first-order chi connectivity index (χ1) is 17.6. The number of hydrogen-bond acceptors (Lipinski definition) is 8. The highest BCUT2D eigenvalue weighted by Gasteiger charge is 2.20. The van der Waals surface area contributed by atoms with Gasteiger partial charge in [-0.2, -0.15) is 0 Å². The monoisotopic (exact) mass is 526 g/mol. The number of nitro benzene ring substituents is 2. The zero-order valence-electron chi connectivity index (χ0n) is 19.4. The largest absolute Gasteiger partial charge is 0.497 e. The van der Waals surface area contributed by atoms with Gasteiger partial charge >= 0.3 is 0 Å². The lowest BCUT2D eigenvalue weighted by Crippen LogP contribution is -2.31. The van der Waals surface area contributed by atoms with E-state index < -0.39 is 21.7 Å². The molecule has 0 aliphatic heterocycles. The Bertz CT molecular complexity index is 1410. The number of nitrogens with one attached hydrogen (secondary N) is 2. The lowest BCUT2D eigenvalue weighted by atomic mass is 10.1. The fourth-order valence-electron chi connectivity index (χ4n) is 3.10. The third kappa shape index (κ3) is 6.58. The van der Waals surface area contributed by atoms with Gasteiger partial charge in [-0.05, 0) is 48.0 Å². The molecule has 2 amide bonds. The number of non-ortho nitro benzene ring substituents is 2. The van der Waals surface area contributed by atoms with Crippen molar-refractivity contribution in [2.24, 2.45) is 0 Å². The van der Waals surface area contributed by atoms with Crippen molar-refractivity contribution >= 4 is 46.6 Å². The Labute approximate surface area is 214 Å². The van der Waals surface area contributed by atoms with Crippen LogP contribution in [0.15, 0.2) is 66.4 Å². The first kappa shape index (κ1) is 26.6. The molecule has 0 aliphatic rings. The third-order valence-corrected chi connectivity index (χ3v) is 5.29. The standard InChI is InChI=1S/C24H19ClN4O8/c1-36-17-8-9-18(19(25)13-17)23(30)27-21(11-14-3-5-15(6-4-14)28(32)33)24(31)26-20-10-7-16(29(34)35)12-22(20)37-2/h3-13H,1-2H3,(H,26,31)(H,27,30)/b21-11+. The van der Waals surface area contributed by atoms with Crippen molar-refractivity contribution in [3.8, 4) is 11.5 Å². The normalized spacial score (nSPS) is 10.8. The maximum absolute atomic E-state index is 13.2. The van der Waals surface area contributed by atoms with Gasteiger partial charge in [0.1, 0.15) is 17.2 Å². The highest BCUT2D eigenvalue weighted by molar-refractivity contribution is 6.34. The van der Waals surface area contributed by atoms with Gasteiger partial charge in [0.05, 0.1) is 46.4 Å². The summed E-state index contributed by atoms with van der Waals surface area (Å²) in [6.07, 6.45) is 1.30. The zero-order valence-corrected chi connectivity index (χ0v) is 20.1. The average Bonchev–Trinajstić information content (AvgIpc) is 2.88. The van der Waals surface area contributed by atoms with Crippen LogP contribution in [0.4, 0.5) is 17.1 Å². The summed E-state index contributed by atoms with van der Waals surface area (Å²) in [6, 6.07) is 13.2. The maximum atomic E-state index is 13.2. The van der Waals surface area contributed by atoms with E-state index in [2.05, 4.69) is 10.6 Å². The SMILES string of the molecule is COc1ccc(C(=O)N/C(=C/c2ccc([N+](=O)[O-])cc2)C(=O)Nc2ccc([N+](=O)[O-])cc2OC)c(Cl)c1. The summed E-state index contributed by atoms with van der Waals surface area (Å²) < 4.78 is 10.2. The van der Waals surface area contributed by atoms with Gasteiger partial charge < -0.3 is 20.1 Å². The maximum Gasteiger partial charge on any atom is 0.273 e. The van der Waals surface area contributed by atoms with Crippen LogP contribution in [-0.4, -0.2) is 35.9 Å². The summed E-state index contributed by atoms with van der Waals surface area (Å²) >= 11 is 6.19. The second-order valence-corrected chi connectivity index (χ2v) is 7.71. The number of nitro groups is 2. The predicted molar refractivity (Wildman–Crippen MR) is 135 cm³/mol. The van der Waals surface area contributed by atoms with Crippen LogP contribution in [0.2, 0.25) is 5.02 Å². The summed E-state index contributed by atoms with van der Waals surface area (Å²) in [7, 11) is 2.71. The molecule has 3 rings (SSSR count). The number of carbonyl (C=O) groups is 2. The summed E-state index contributed by atoms with van der Waals surface area (Å²) in [5.74, 6) is -1.08. The van der Waals surface area contributed by atoms with Gasteiger partial charge in [0.15, 0.2) is 0 Å². The smallest absolute Gasteiger partial charge is 0.273 e. The molecule has 0 atom stereocenters. The van der Waals surface area contributed by atoms with Gasteiger partial charge in [-0.25, -0.2) is 0 Å². The highest BCUT2D eigenvalue weighted by Crippen LogP contribution is 2.29. The molecule has 3 aromatic carbocycles. The number of hydrogen-bond donors (Lipinski definition) is 2. The molecule has 3 aromatic rings. The molecule has 0 heterocycles. The summed E-state index contributed by atoms with van der Waals surface area (Å²) in [5, 5.41) is 27.1. The minimum atomic E-state index is -0.802. The van der Waals surface area contributed by atoms with Gasteiger partial charge in [-0.3, -0.25) is 29.8 Å². The summed E-state index contributed by atoms with van der Waals surface area (Å²) in [4.78, 5) is 47.0. The number of anilines is 1. The molecule has 13 heteroatoms. The van der Waals surface area contributed by atoms with Gasteiger partial charge in [0.2, 0.25) is 0 Å². The molecule has 0 aromatic heterocycles. The molecule has 37 heavy (non-hydrogen) atoms. The van der Waals surface area contributed by atoms with E-state index in [1.54, 1.807) is 0 Å². The molecule has 2 N–H and O–H groups in total. The van der Waals surface area contributed by atoms with Gasteiger partial charge in [-0.15, -0.1) is 0 Å². The number of rotatable bonds is 9. The fourth-order valence-corrected chi connectivity index (χ4v) is 3.36. The van der Waals surface area contributed by atoms with Crippen LogP contribution < -0.4 is 20.1 Å². The Morgan fingerprint density at radius 3 is 2.11 bits per heavy atom. The van der Waals surface area contributed by atoms with Crippen molar-refractivity contribution in [1.29, 1.82) is 0 Å². The molecule has 12 nitrogen and oxygen atoms in total. The molecule has 0 unspecified atom stereocenters. The molecule has 0 saturated carbocycles. The van der Waals surface area contributed by atoms with Crippen LogP contribution in [0.25, 0.3) is 6.08 Å². The second-order valence-electron chi connectivity index (χ2n) is 7.30. The van der Waals surface area contributed by atoms with E-state index in [1.165, 1.54) is 74.9 Å². The van der Waals surface area contributed by atoms with E-state index in [0.717, 1.165) is 6.07 Å². The van der Waals surface area contributed by atoms with E-state index in [-0.39, 0.29) is 39.1 Å². The lowest BCUT2D eigenvalue weighted by Gasteiger charge is -2.14. The van der Waals surface area contributed by atoms with Crippen molar-refractivity contribution < 1.29 is 28.9 Å². The number of carbonyl (C=O) groups excluding carboxylic acids is 2. The molecule has 0 saturated heterocycles. The Kier molecular flexibility index (Phi) is 8.38. The van der Waals surface area contributed by atoms with Crippen LogP contribution >= 0.6 is 11.6 Å². The van der Waals surface area contributed by atoms with Crippen LogP contribution in [0, 0.1) is 20.2 Å². The lowest BCUT2D eigenvalue weighted by molar-refractivity contribution is -0.385. The van der Waals surface area contributed by atoms with Crippen molar-refractivity contribution in [2.45, 2.75) is 0 Å².